The monoisotopic (exact) mass is 306 g/mol. The molecular weight excluding hydrogens is 298 g/mol. The van der Waals surface area contributed by atoms with Crippen LogP contribution in [0, 0.1) is 25.1 Å². The lowest BCUT2D eigenvalue weighted by atomic mass is 10.3. The zero-order valence-corrected chi connectivity index (χ0v) is 10.8. The third-order valence-corrected chi connectivity index (χ3v) is 2.42. The van der Waals surface area contributed by atoms with Gasteiger partial charge >= 0.3 is 5.09 Å². The van der Waals surface area contributed by atoms with Crippen molar-refractivity contribution in [2.45, 2.75) is 0 Å². The fourth-order valence-electron chi connectivity index (χ4n) is 1.50. The van der Waals surface area contributed by atoms with Crippen LogP contribution in [0.25, 0.3) is 0 Å². The van der Waals surface area contributed by atoms with Gasteiger partial charge in [0.15, 0.2) is 0 Å². The molecule has 0 N–H and O–H groups in total. The van der Waals surface area contributed by atoms with Gasteiger partial charge in [0.05, 0.1) is 22.0 Å². The summed E-state index contributed by atoms with van der Waals surface area (Å²) in [4.78, 5) is 40.7. The minimum Gasteiger partial charge on any atom is -0.258 e. The Morgan fingerprint density at radius 2 is 1.14 bits per heavy atom. The Kier molecular flexibility index (Phi) is 4.22. The first-order chi connectivity index (χ1) is 10.5. The highest BCUT2D eigenvalue weighted by Gasteiger charge is 2.20. The van der Waals surface area contributed by atoms with Crippen LogP contribution in [0.15, 0.2) is 48.5 Å². The Labute approximate surface area is 122 Å². The Hall–Kier alpha value is -3.56. The van der Waals surface area contributed by atoms with Gasteiger partial charge in [0.2, 0.25) is 11.5 Å². The predicted molar refractivity (Wildman–Crippen MR) is 71.1 cm³/mol. The first-order valence-electron chi connectivity index (χ1n) is 5.78. The molecule has 0 amide bonds. The Bertz CT molecular complexity index is 686. The number of non-ortho nitro benzene ring substituents is 2. The molecule has 0 aliphatic heterocycles. The van der Waals surface area contributed by atoms with Gasteiger partial charge in [-0.1, -0.05) is 12.1 Å². The Morgan fingerprint density at radius 1 is 0.727 bits per heavy atom. The van der Waals surface area contributed by atoms with Crippen molar-refractivity contribution in [2.75, 3.05) is 0 Å². The van der Waals surface area contributed by atoms with Gasteiger partial charge in [-0.25, -0.2) is 0 Å². The molecule has 0 saturated carbocycles. The van der Waals surface area contributed by atoms with Crippen LogP contribution < -0.4 is 9.68 Å². The van der Waals surface area contributed by atoms with Crippen molar-refractivity contribution in [3.63, 3.8) is 0 Å². The van der Waals surface area contributed by atoms with E-state index in [4.69, 9.17) is 9.68 Å². The van der Waals surface area contributed by atoms with E-state index >= 15 is 0 Å². The average Bonchev–Trinajstić information content (AvgIpc) is 2.47. The SMILES string of the molecule is O=[N+](Oc1cccc([N+](=O)[O-])c1)Oc1cccc([N+](=O)[O-])c1. The van der Waals surface area contributed by atoms with Crippen LogP contribution in [0.1, 0.15) is 0 Å². The second kappa shape index (κ2) is 6.26. The quantitative estimate of drug-likeness (QED) is 0.593. The van der Waals surface area contributed by atoms with Gasteiger partial charge in [-0.3, -0.25) is 20.2 Å². The van der Waals surface area contributed by atoms with E-state index in [1.165, 1.54) is 36.4 Å². The van der Waals surface area contributed by atoms with Crippen molar-refractivity contribution in [2.24, 2.45) is 0 Å². The van der Waals surface area contributed by atoms with Crippen LogP contribution in [0.4, 0.5) is 11.4 Å². The van der Waals surface area contributed by atoms with E-state index in [2.05, 4.69) is 0 Å². The van der Waals surface area contributed by atoms with Gasteiger partial charge in [0.1, 0.15) is 4.91 Å². The Balaban J connectivity index is 2.07. The second-order valence-electron chi connectivity index (χ2n) is 3.92. The van der Waals surface area contributed by atoms with Gasteiger partial charge in [0.25, 0.3) is 11.4 Å². The molecule has 0 spiro atoms. The summed E-state index contributed by atoms with van der Waals surface area (Å²) in [6.45, 7) is 0. The largest absolute Gasteiger partial charge is 0.489 e. The molecule has 0 atom stereocenters. The lowest BCUT2D eigenvalue weighted by Gasteiger charge is -1.96. The lowest BCUT2D eigenvalue weighted by molar-refractivity contribution is -0.920. The summed E-state index contributed by atoms with van der Waals surface area (Å²) in [5.74, 6) is -0.232. The van der Waals surface area contributed by atoms with Gasteiger partial charge in [0, 0.05) is 12.1 Å². The molecule has 0 aliphatic rings. The minimum absolute atomic E-state index is 0.116. The zero-order chi connectivity index (χ0) is 16.1. The van der Waals surface area contributed by atoms with Crippen LogP contribution in [-0.2, 0) is 0 Å². The van der Waals surface area contributed by atoms with Gasteiger partial charge in [-0.15, -0.1) is 9.68 Å². The predicted octanol–water partition coefficient (Wildman–Crippen LogP) is 2.57. The molecule has 0 radical (unpaired) electrons. The molecule has 0 saturated heterocycles. The standard InChI is InChI=1S/C12H8N3O7/c16-13(17)9-3-1-5-11(7-9)21-15(20)22-12-6-2-4-10(8-12)14(18)19/h1-8H/q+1. The molecule has 2 rings (SSSR count). The van der Waals surface area contributed by atoms with E-state index in [1.807, 2.05) is 0 Å². The molecule has 2 aromatic carbocycles. The summed E-state index contributed by atoms with van der Waals surface area (Å²) in [6, 6.07) is 9.79. The van der Waals surface area contributed by atoms with E-state index in [0.29, 0.717) is 0 Å². The maximum absolute atomic E-state index is 11.5. The van der Waals surface area contributed by atoms with Crippen LogP contribution in [0.2, 0.25) is 0 Å². The highest BCUT2D eigenvalue weighted by Crippen LogP contribution is 2.21. The zero-order valence-electron chi connectivity index (χ0n) is 10.8. The van der Waals surface area contributed by atoms with Crippen LogP contribution in [0.3, 0.4) is 0 Å². The van der Waals surface area contributed by atoms with E-state index < -0.39 is 9.85 Å². The number of hydrogen-bond donors (Lipinski definition) is 0. The fraction of sp³-hybridized carbons (Fsp3) is 0. The van der Waals surface area contributed by atoms with E-state index in [-0.39, 0.29) is 28.0 Å². The molecule has 0 fully saturated rings. The lowest BCUT2D eigenvalue weighted by Crippen LogP contribution is -2.17. The second-order valence-corrected chi connectivity index (χ2v) is 3.92. The first-order valence-corrected chi connectivity index (χ1v) is 5.78. The smallest absolute Gasteiger partial charge is 0.258 e. The van der Waals surface area contributed by atoms with Gasteiger partial charge < -0.3 is 0 Å². The van der Waals surface area contributed by atoms with Crippen molar-refractivity contribution in [1.29, 1.82) is 0 Å². The molecule has 22 heavy (non-hydrogen) atoms. The van der Waals surface area contributed by atoms with E-state index in [1.54, 1.807) is 0 Å². The summed E-state index contributed by atoms with van der Waals surface area (Å²) in [5.41, 5.74) is -0.525. The number of hydrogen-bond acceptors (Lipinski definition) is 7. The molecule has 0 aliphatic carbocycles. The molecule has 0 aromatic heterocycles. The summed E-state index contributed by atoms with van der Waals surface area (Å²) in [5, 5.41) is 20.9. The normalized spacial score (nSPS) is 9.82. The molecule has 2 aromatic rings. The Morgan fingerprint density at radius 3 is 1.50 bits per heavy atom. The molecule has 112 valence electrons. The molecule has 0 heterocycles. The average molecular weight is 306 g/mol. The van der Waals surface area contributed by atoms with Crippen LogP contribution >= 0.6 is 0 Å². The number of nitro groups is 2. The maximum atomic E-state index is 11.5. The van der Waals surface area contributed by atoms with E-state index in [0.717, 1.165) is 12.1 Å². The van der Waals surface area contributed by atoms with Crippen molar-refractivity contribution in [1.82, 2.24) is 0 Å². The fourth-order valence-corrected chi connectivity index (χ4v) is 1.50. The number of nitrogens with zero attached hydrogens (tertiary/aromatic N) is 3. The maximum Gasteiger partial charge on any atom is 0.489 e. The van der Waals surface area contributed by atoms with Crippen molar-refractivity contribution >= 4 is 11.4 Å². The molecular formula is C12H8N3O7+. The van der Waals surface area contributed by atoms with Crippen molar-refractivity contribution < 1.29 is 24.6 Å². The molecule has 0 unspecified atom stereocenters. The summed E-state index contributed by atoms with van der Waals surface area (Å²) in [7, 11) is 0. The van der Waals surface area contributed by atoms with Gasteiger partial charge in [-0.2, -0.15) is 0 Å². The third kappa shape index (κ3) is 3.72. The first kappa shape index (κ1) is 14.8. The number of nitro benzene ring substituents is 2. The molecule has 10 heteroatoms. The summed E-state index contributed by atoms with van der Waals surface area (Å²) >= 11 is 0. The topological polar surface area (TPSA) is 125 Å². The van der Waals surface area contributed by atoms with Crippen molar-refractivity contribution in [3.05, 3.63) is 73.7 Å². The minimum atomic E-state index is -0.649. The molecule has 0 bridgehead atoms. The van der Waals surface area contributed by atoms with E-state index in [9.17, 15) is 25.1 Å². The summed E-state index contributed by atoms with van der Waals surface area (Å²) in [6.07, 6.45) is 0. The van der Waals surface area contributed by atoms with Crippen LogP contribution in [-0.4, -0.2) is 14.9 Å². The number of benzene rings is 2. The highest BCUT2D eigenvalue weighted by atomic mass is 17.0. The van der Waals surface area contributed by atoms with Crippen LogP contribution in [0.5, 0.6) is 11.5 Å². The number of rotatable bonds is 6. The van der Waals surface area contributed by atoms with Gasteiger partial charge in [-0.05, 0) is 12.1 Å². The summed E-state index contributed by atoms with van der Waals surface area (Å²) < 4.78 is 0. The van der Waals surface area contributed by atoms with Crippen molar-refractivity contribution in [3.8, 4) is 11.5 Å². The highest BCUT2D eigenvalue weighted by molar-refractivity contribution is 5.38. The third-order valence-electron chi connectivity index (χ3n) is 2.42. The molecule has 10 nitrogen and oxygen atoms in total.